The Morgan fingerprint density at radius 2 is 2.11 bits per heavy atom. The number of hydrogen-bond acceptors (Lipinski definition) is 4. The third-order valence-corrected chi connectivity index (χ3v) is 2.67. The highest BCUT2D eigenvalue weighted by Crippen LogP contribution is 2.26. The first kappa shape index (κ1) is 13.5. The van der Waals surface area contributed by atoms with Crippen LogP contribution in [0, 0.1) is 5.82 Å². The molecule has 0 spiro atoms. The number of primary amides is 1. The number of nitrogens with one attached hydrogen (secondary N) is 1. The molecule has 98 valence electrons. The van der Waals surface area contributed by atoms with Crippen LogP contribution in [0.3, 0.4) is 0 Å². The van der Waals surface area contributed by atoms with Gasteiger partial charge < -0.3 is 11.1 Å². The van der Waals surface area contributed by atoms with Crippen LogP contribution in [0.5, 0.6) is 0 Å². The van der Waals surface area contributed by atoms with Crippen molar-refractivity contribution >= 4 is 40.6 Å². The van der Waals surface area contributed by atoms with Gasteiger partial charge in [-0.05, 0) is 29.8 Å². The molecule has 19 heavy (non-hydrogen) atoms. The fraction of sp³-hybridized carbons (Fsp3) is 0. The smallest absolute Gasteiger partial charge is 0.250 e. The van der Waals surface area contributed by atoms with Crippen molar-refractivity contribution in [2.75, 3.05) is 5.32 Å². The van der Waals surface area contributed by atoms with Crippen LogP contribution in [0.15, 0.2) is 24.4 Å². The van der Waals surface area contributed by atoms with E-state index < -0.39 is 11.7 Å². The highest BCUT2D eigenvalue weighted by molar-refractivity contribution is 6.33. The van der Waals surface area contributed by atoms with Gasteiger partial charge in [-0.25, -0.2) is 9.37 Å². The van der Waals surface area contributed by atoms with Gasteiger partial charge in [-0.15, -0.1) is 0 Å². The number of benzene rings is 1. The average molecular weight is 301 g/mol. The lowest BCUT2D eigenvalue weighted by Gasteiger charge is -2.10. The minimum atomic E-state index is -0.779. The molecular formula is C11H7Cl2FN4O. The van der Waals surface area contributed by atoms with E-state index in [9.17, 15) is 9.18 Å². The predicted octanol–water partition coefficient (Wildman–Crippen LogP) is 2.77. The second-order valence-electron chi connectivity index (χ2n) is 3.51. The number of rotatable bonds is 3. The molecule has 0 atom stereocenters. The van der Waals surface area contributed by atoms with Crippen molar-refractivity contribution in [2.45, 2.75) is 0 Å². The Morgan fingerprint density at radius 1 is 1.37 bits per heavy atom. The summed E-state index contributed by atoms with van der Waals surface area (Å²) in [5, 5.41) is 2.93. The Labute approximate surface area is 117 Å². The van der Waals surface area contributed by atoms with E-state index >= 15 is 0 Å². The first-order valence-corrected chi connectivity index (χ1v) is 5.77. The number of halogens is 3. The maximum Gasteiger partial charge on any atom is 0.250 e. The number of anilines is 2. The Balaban J connectivity index is 2.43. The molecule has 2 rings (SSSR count). The summed E-state index contributed by atoms with van der Waals surface area (Å²) in [6.07, 6.45) is 1.30. The van der Waals surface area contributed by atoms with E-state index in [0.29, 0.717) is 0 Å². The number of nitrogens with two attached hydrogens (primary N) is 1. The summed E-state index contributed by atoms with van der Waals surface area (Å²) in [6, 6.07) is 3.54. The van der Waals surface area contributed by atoms with E-state index in [4.69, 9.17) is 28.9 Å². The van der Waals surface area contributed by atoms with E-state index in [1.807, 2.05) is 0 Å². The SMILES string of the molecule is NC(=O)c1cc(F)ccc1Nc1nc(Cl)ncc1Cl. The number of hydrogen-bond donors (Lipinski definition) is 2. The molecule has 0 fully saturated rings. The van der Waals surface area contributed by atoms with Crippen molar-refractivity contribution in [2.24, 2.45) is 5.73 Å². The van der Waals surface area contributed by atoms with Gasteiger partial charge in [-0.1, -0.05) is 11.6 Å². The minimum absolute atomic E-state index is 0.0189. The highest BCUT2D eigenvalue weighted by atomic mass is 35.5. The lowest BCUT2D eigenvalue weighted by molar-refractivity contribution is 0.100. The van der Waals surface area contributed by atoms with Crippen molar-refractivity contribution in [3.8, 4) is 0 Å². The fourth-order valence-electron chi connectivity index (χ4n) is 1.39. The number of carbonyl (C=O) groups is 1. The third-order valence-electron chi connectivity index (χ3n) is 2.21. The normalized spacial score (nSPS) is 10.3. The van der Waals surface area contributed by atoms with Gasteiger partial charge in [0.05, 0.1) is 17.4 Å². The standard InChI is InChI=1S/C11H7Cl2FN4O/c12-7-4-16-11(13)18-10(7)17-8-2-1-5(14)3-6(8)9(15)19/h1-4H,(H2,15,19)(H,16,17,18). The molecule has 0 bridgehead atoms. The van der Waals surface area contributed by atoms with Crippen LogP contribution in [0.1, 0.15) is 10.4 Å². The molecule has 1 amide bonds. The van der Waals surface area contributed by atoms with Crippen molar-refractivity contribution < 1.29 is 9.18 Å². The van der Waals surface area contributed by atoms with Crippen LogP contribution in [0.2, 0.25) is 10.3 Å². The first-order chi connectivity index (χ1) is 8.97. The number of aromatic nitrogens is 2. The summed E-state index contributed by atoms with van der Waals surface area (Å²) >= 11 is 11.5. The Kier molecular flexibility index (Phi) is 3.82. The van der Waals surface area contributed by atoms with Gasteiger partial charge in [0.25, 0.3) is 5.91 Å². The maximum atomic E-state index is 13.1. The van der Waals surface area contributed by atoms with E-state index in [-0.39, 0.29) is 27.4 Å². The molecule has 8 heteroatoms. The number of amides is 1. The summed E-state index contributed by atoms with van der Waals surface area (Å²) < 4.78 is 13.1. The quantitative estimate of drug-likeness (QED) is 0.854. The molecule has 0 saturated heterocycles. The summed E-state index contributed by atoms with van der Waals surface area (Å²) in [5.74, 6) is -1.17. The van der Waals surface area contributed by atoms with Gasteiger partial charge in [0.15, 0.2) is 5.82 Å². The van der Waals surface area contributed by atoms with Crippen molar-refractivity contribution in [1.29, 1.82) is 0 Å². The van der Waals surface area contributed by atoms with E-state index in [0.717, 1.165) is 6.07 Å². The summed E-state index contributed by atoms with van der Waals surface area (Å²) in [4.78, 5) is 18.8. The molecule has 5 nitrogen and oxygen atoms in total. The Hall–Kier alpha value is -1.92. The topological polar surface area (TPSA) is 80.9 Å². The second-order valence-corrected chi connectivity index (χ2v) is 4.26. The van der Waals surface area contributed by atoms with Gasteiger partial charge in [0.1, 0.15) is 10.8 Å². The molecule has 0 unspecified atom stereocenters. The first-order valence-electron chi connectivity index (χ1n) is 5.02. The lowest BCUT2D eigenvalue weighted by atomic mass is 10.1. The second kappa shape index (κ2) is 5.38. The summed E-state index contributed by atoms with van der Waals surface area (Å²) in [7, 11) is 0. The van der Waals surface area contributed by atoms with Crippen LogP contribution in [-0.2, 0) is 0 Å². The van der Waals surface area contributed by atoms with Gasteiger partial charge in [-0.2, -0.15) is 4.98 Å². The molecule has 1 aromatic heterocycles. The number of carbonyl (C=O) groups excluding carboxylic acids is 1. The van der Waals surface area contributed by atoms with E-state index in [1.54, 1.807) is 0 Å². The molecule has 2 aromatic rings. The lowest BCUT2D eigenvalue weighted by Crippen LogP contribution is -2.14. The largest absolute Gasteiger partial charge is 0.366 e. The monoisotopic (exact) mass is 300 g/mol. The molecule has 0 aliphatic heterocycles. The van der Waals surface area contributed by atoms with Crippen LogP contribution in [0.25, 0.3) is 0 Å². The summed E-state index contributed by atoms with van der Waals surface area (Å²) in [6.45, 7) is 0. The van der Waals surface area contributed by atoms with Crippen molar-refractivity contribution in [1.82, 2.24) is 9.97 Å². The van der Waals surface area contributed by atoms with Gasteiger partial charge in [0, 0.05) is 0 Å². The molecule has 0 saturated carbocycles. The van der Waals surface area contributed by atoms with Crippen molar-refractivity contribution in [3.05, 3.63) is 46.1 Å². The Morgan fingerprint density at radius 3 is 2.79 bits per heavy atom. The zero-order chi connectivity index (χ0) is 14.0. The molecule has 0 aliphatic carbocycles. The molecule has 0 radical (unpaired) electrons. The maximum absolute atomic E-state index is 13.1. The van der Waals surface area contributed by atoms with Crippen LogP contribution < -0.4 is 11.1 Å². The fourth-order valence-corrected chi connectivity index (χ4v) is 1.66. The van der Waals surface area contributed by atoms with Crippen molar-refractivity contribution in [3.63, 3.8) is 0 Å². The molecular weight excluding hydrogens is 294 g/mol. The Bertz CT molecular complexity index is 651. The predicted molar refractivity (Wildman–Crippen MR) is 70.3 cm³/mol. The zero-order valence-electron chi connectivity index (χ0n) is 9.32. The average Bonchev–Trinajstić information content (AvgIpc) is 2.35. The molecule has 1 aromatic carbocycles. The van der Waals surface area contributed by atoms with E-state index in [1.165, 1.54) is 18.3 Å². The molecule has 0 aliphatic rings. The number of nitrogens with zero attached hydrogens (tertiary/aromatic N) is 2. The van der Waals surface area contributed by atoms with Gasteiger partial charge in [-0.3, -0.25) is 4.79 Å². The molecule has 3 N–H and O–H groups in total. The molecule has 1 heterocycles. The highest BCUT2D eigenvalue weighted by Gasteiger charge is 2.12. The zero-order valence-corrected chi connectivity index (χ0v) is 10.8. The summed E-state index contributed by atoms with van der Waals surface area (Å²) in [5.41, 5.74) is 5.41. The van der Waals surface area contributed by atoms with Crippen LogP contribution in [0.4, 0.5) is 15.9 Å². The van der Waals surface area contributed by atoms with Gasteiger partial charge in [0.2, 0.25) is 5.28 Å². The van der Waals surface area contributed by atoms with Gasteiger partial charge >= 0.3 is 0 Å². The minimum Gasteiger partial charge on any atom is -0.366 e. The van der Waals surface area contributed by atoms with Crippen LogP contribution in [-0.4, -0.2) is 15.9 Å². The third kappa shape index (κ3) is 3.10. The van der Waals surface area contributed by atoms with Crippen LogP contribution >= 0.6 is 23.2 Å². The van der Waals surface area contributed by atoms with E-state index in [2.05, 4.69) is 15.3 Å².